The van der Waals surface area contributed by atoms with Crippen molar-refractivity contribution >= 4 is 28.0 Å². The van der Waals surface area contributed by atoms with Gasteiger partial charge in [0.05, 0.1) is 12.0 Å². The maximum Gasteiger partial charge on any atom is 0.405 e. The van der Waals surface area contributed by atoms with Gasteiger partial charge in [-0.2, -0.15) is 0 Å². The van der Waals surface area contributed by atoms with Crippen LogP contribution in [0.2, 0.25) is 0 Å². The quantitative estimate of drug-likeness (QED) is 0.551. The molecule has 0 bridgehead atoms. The number of carbonyl (C=O) groups is 2. The van der Waals surface area contributed by atoms with Crippen molar-refractivity contribution in [3.05, 3.63) is 70.2 Å². The van der Waals surface area contributed by atoms with E-state index in [9.17, 15) is 14.7 Å². The molecular weight excluding hydrogens is 446 g/mol. The molecule has 3 rings (SSSR count). The summed E-state index contributed by atoms with van der Waals surface area (Å²) in [5.41, 5.74) is 1.83. The van der Waals surface area contributed by atoms with Gasteiger partial charge in [-0.3, -0.25) is 4.79 Å². The van der Waals surface area contributed by atoms with Crippen LogP contribution in [0.1, 0.15) is 44.2 Å². The highest BCUT2D eigenvalue weighted by atomic mass is 79.9. The van der Waals surface area contributed by atoms with E-state index in [4.69, 9.17) is 4.74 Å². The molecule has 1 fully saturated rings. The Kier molecular flexibility index (Phi) is 6.86. The molecule has 2 aromatic carbocycles. The number of cyclic esters (lactones) is 1. The molecule has 0 radical (unpaired) electrons. The number of nitrogens with one attached hydrogen (secondary N) is 1. The van der Waals surface area contributed by atoms with Crippen LogP contribution in [0.3, 0.4) is 0 Å². The fourth-order valence-electron chi connectivity index (χ4n) is 4.40. The van der Waals surface area contributed by atoms with E-state index in [2.05, 4.69) is 42.0 Å². The standard InChI is InChI=1S/C24H28BrNO4/c1-24(2,3)20(16-7-5-4-6-8-16)21(26-23(28)29)19-14-17(22(27)30-19)13-15-9-11-18(25)12-10-15/h4-12,17,19-21,26H,13-14H2,1-3H3,(H,28,29)/t17?,19-,20?,21+/m0/s1. The van der Waals surface area contributed by atoms with E-state index < -0.39 is 18.2 Å². The summed E-state index contributed by atoms with van der Waals surface area (Å²) >= 11 is 3.42. The van der Waals surface area contributed by atoms with E-state index in [1.165, 1.54) is 0 Å². The Morgan fingerprint density at radius 1 is 1.17 bits per heavy atom. The van der Waals surface area contributed by atoms with Crippen molar-refractivity contribution in [2.24, 2.45) is 11.3 Å². The van der Waals surface area contributed by atoms with Gasteiger partial charge in [-0.15, -0.1) is 0 Å². The fourth-order valence-corrected chi connectivity index (χ4v) is 4.67. The molecular formula is C24H28BrNO4. The summed E-state index contributed by atoms with van der Waals surface area (Å²) in [6, 6.07) is 17.2. The molecule has 1 aliphatic rings. The van der Waals surface area contributed by atoms with Crippen molar-refractivity contribution in [2.75, 3.05) is 0 Å². The third kappa shape index (κ3) is 5.42. The largest absolute Gasteiger partial charge is 0.465 e. The fraction of sp³-hybridized carbons (Fsp3) is 0.417. The van der Waals surface area contributed by atoms with Crippen LogP contribution in [-0.4, -0.2) is 29.3 Å². The zero-order valence-electron chi connectivity index (χ0n) is 17.5. The van der Waals surface area contributed by atoms with Crippen LogP contribution in [0, 0.1) is 11.3 Å². The summed E-state index contributed by atoms with van der Waals surface area (Å²) in [6.45, 7) is 6.24. The number of hydrogen-bond donors (Lipinski definition) is 2. The Bertz CT molecular complexity index is 876. The van der Waals surface area contributed by atoms with E-state index >= 15 is 0 Å². The van der Waals surface area contributed by atoms with Gasteiger partial charge < -0.3 is 15.2 Å². The highest BCUT2D eigenvalue weighted by Gasteiger charge is 2.46. The van der Waals surface area contributed by atoms with Gasteiger partial charge >= 0.3 is 12.1 Å². The van der Waals surface area contributed by atoms with Crippen molar-refractivity contribution < 1.29 is 19.4 Å². The maximum absolute atomic E-state index is 12.6. The number of carbonyl (C=O) groups excluding carboxylic acids is 1. The molecule has 1 amide bonds. The molecule has 6 heteroatoms. The minimum absolute atomic E-state index is 0.154. The second-order valence-corrected chi connectivity index (χ2v) is 9.88. The third-order valence-corrected chi connectivity index (χ3v) is 6.18. The summed E-state index contributed by atoms with van der Waals surface area (Å²) in [6.07, 6.45) is -0.566. The summed E-state index contributed by atoms with van der Waals surface area (Å²) in [5, 5.41) is 12.2. The summed E-state index contributed by atoms with van der Waals surface area (Å²) in [7, 11) is 0. The van der Waals surface area contributed by atoms with Crippen molar-refractivity contribution in [3.63, 3.8) is 0 Å². The lowest BCUT2D eigenvalue weighted by Crippen LogP contribution is -2.50. The zero-order valence-corrected chi connectivity index (χ0v) is 19.1. The number of carboxylic acid groups (broad SMARTS) is 1. The summed E-state index contributed by atoms with van der Waals surface area (Å²) < 4.78 is 6.74. The predicted molar refractivity (Wildman–Crippen MR) is 119 cm³/mol. The number of ether oxygens (including phenoxy) is 1. The molecule has 0 aromatic heterocycles. The van der Waals surface area contributed by atoms with Gasteiger partial charge in [-0.1, -0.05) is 79.2 Å². The van der Waals surface area contributed by atoms with Crippen LogP contribution in [0.25, 0.3) is 0 Å². The van der Waals surface area contributed by atoms with Crippen molar-refractivity contribution in [1.29, 1.82) is 0 Å². The van der Waals surface area contributed by atoms with Gasteiger partial charge in [-0.05, 0) is 35.1 Å². The first-order chi connectivity index (χ1) is 14.1. The number of benzene rings is 2. The summed E-state index contributed by atoms with van der Waals surface area (Å²) in [5.74, 6) is -0.703. The maximum atomic E-state index is 12.6. The van der Waals surface area contributed by atoms with Crippen molar-refractivity contribution in [1.82, 2.24) is 5.32 Å². The molecule has 4 atom stereocenters. The number of rotatable bonds is 6. The van der Waals surface area contributed by atoms with Gasteiger partial charge in [0.2, 0.25) is 0 Å². The van der Waals surface area contributed by atoms with Crippen LogP contribution < -0.4 is 5.32 Å². The van der Waals surface area contributed by atoms with Gasteiger partial charge in [0.1, 0.15) is 6.10 Å². The first-order valence-corrected chi connectivity index (χ1v) is 10.9. The van der Waals surface area contributed by atoms with E-state index in [1.54, 1.807) is 0 Å². The molecule has 2 N–H and O–H groups in total. The first kappa shape index (κ1) is 22.3. The van der Waals surface area contributed by atoms with Crippen LogP contribution in [0.5, 0.6) is 0 Å². The average Bonchev–Trinajstić information content (AvgIpc) is 3.03. The minimum Gasteiger partial charge on any atom is -0.465 e. The van der Waals surface area contributed by atoms with Crippen LogP contribution in [0.4, 0.5) is 4.79 Å². The zero-order chi connectivity index (χ0) is 21.9. The number of amides is 1. The molecule has 1 saturated heterocycles. The predicted octanol–water partition coefficient (Wildman–Crippen LogP) is 5.39. The van der Waals surface area contributed by atoms with Crippen molar-refractivity contribution in [3.8, 4) is 0 Å². The molecule has 0 spiro atoms. The van der Waals surface area contributed by atoms with E-state index in [1.807, 2.05) is 54.6 Å². The Morgan fingerprint density at radius 3 is 2.37 bits per heavy atom. The normalized spacial score (nSPS) is 21.0. The lowest BCUT2D eigenvalue weighted by atomic mass is 9.70. The smallest absolute Gasteiger partial charge is 0.405 e. The number of halogens is 1. The van der Waals surface area contributed by atoms with Gasteiger partial charge in [0, 0.05) is 16.8 Å². The Labute approximate surface area is 186 Å². The summed E-state index contributed by atoms with van der Waals surface area (Å²) in [4.78, 5) is 24.3. The topological polar surface area (TPSA) is 75.6 Å². The lowest BCUT2D eigenvalue weighted by Gasteiger charge is -2.39. The van der Waals surface area contributed by atoms with E-state index in [-0.39, 0.29) is 23.2 Å². The molecule has 1 aliphatic heterocycles. The molecule has 2 unspecified atom stereocenters. The van der Waals surface area contributed by atoms with Gasteiger partial charge in [0.15, 0.2) is 0 Å². The molecule has 0 saturated carbocycles. The molecule has 30 heavy (non-hydrogen) atoms. The Hall–Kier alpha value is -2.34. The van der Waals surface area contributed by atoms with Gasteiger partial charge in [-0.25, -0.2) is 4.79 Å². The molecule has 160 valence electrons. The minimum atomic E-state index is -1.11. The lowest BCUT2D eigenvalue weighted by molar-refractivity contribution is -0.145. The highest BCUT2D eigenvalue weighted by molar-refractivity contribution is 9.10. The second-order valence-electron chi connectivity index (χ2n) is 8.97. The Balaban J connectivity index is 1.86. The van der Waals surface area contributed by atoms with E-state index in [0.717, 1.165) is 15.6 Å². The van der Waals surface area contributed by atoms with Crippen molar-refractivity contribution in [2.45, 2.75) is 51.7 Å². The van der Waals surface area contributed by atoms with Gasteiger partial charge in [0.25, 0.3) is 0 Å². The molecule has 2 aromatic rings. The Morgan fingerprint density at radius 2 is 1.80 bits per heavy atom. The van der Waals surface area contributed by atoms with Crippen LogP contribution >= 0.6 is 15.9 Å². The molecule has 5 nitrogen and oxygen atoms in total. The van der Waals surface area contributed by atoms with Crippen LogP contribution in [-0.2, 0) is 16.0 Å². The number of esters is 1. The first-order valence-electron chi connectivity index (χ1n) is 10.1. The monoisotopic (exact) mass is 473 g/mol. The second kappa shape index (κ2) is 9.21. The van der Waals surface area contributed by atoms with E-state index in [0.29, 0.717) is 12.8 Å². The SMILES string of the molecule is CC(C)(C)C(c1ccccc1)[C@H](NC(=O)O)[C@@H]1CC(Cc2ccc(Br)cc2)C(=O)O1. The molecule has 1 heterocycles. The number of hydrogen-bond acceptors (Lipinski definition) is 3. The average molecular weight is 474 g/mol. The van der Waals surface area contributed by atoms with Crippen LogP contribution in [0.15, 0.2) is 59.1 Å². The highest BCUT2D eigenvalue weighted by Crippen LogP contribution is 2.42. The third-order valence-electron chi connectivity index (χ3n) is 5.65. The molecule has 0 aliphatic carbocycles.